The first-order chi connectivity index (χ1) is 4.70. The Kier molecular flexibility index (Phi) is 4.45. The van der Waals surface area contributed by atoms with Crippen molar-refractivity contribution >= 4 is 18.3 Å². The van der Waals surface area contributed by atoms with Crippen molar-refractivity contribution < 1.29 is 4.79 Å². The molecule has 0 aromatic rings. The third-order valence-electron chi connectivity index (χ3n) is 1.81. The van der Waals surface area contributed by atoms with Crippen molar-refractivity contribution in [3.05, 3.63) is 0 Å². The van der Waals surface area contributed by atoms with Gasteiger partial charge in [0, 0.05) is 32.6 Å². The minimum absolute atomic E-state index is 0. The first-order valence-corrected chi connectivity index (χ1v) is 3.69. The predicted molar refractivity (Wildman–Crippen MR) is 47.0 cm³/mol. The Morgan fingerprint density at radius 1 is 1.64 bits per heavy atom. The van der Waals surface area contributed by atoms with Gasteiger partial charge in [0.2, 0.25) is 5.91 Å². The van der Waals surface area contributed by atoms with E-state index < -0.39 is 0 Å². The Bertz CT molecular complexity index is 140. The van der Waals surface area contributed by atoms with Crippen LogP contribution in [0, 0.1) is 0 Å². The van der Waals surface area contributed by atoms with Crippen molar-refractivity contribution in [2.24, 2.45) is 0 Å². The van der Waals surface area contributed by atoms with Crippen molar-refractivity contribution in [1.29, 1.82) is 0 Å². The molecule has 1 N–H and O–H groups in total. The highest BCUT2D eigenvalue weighted by Crippen LogP contribution is 1.97. The monoisotopic (exact) mass is 178 g/mol. The SMILES string of the molecule is CC(=O)N1CCNC(C)C1.Cl. The molecule has 0 aromatic carbocycles. The molecule has 3 nitrogen and oxygen atoms in total. The quantitative estimate of drug-likeness (QED) is 0.577. The maximum atomic E-state index is 10.8. The van der Waals surface area contributed by atoms with E-state index >= 15 is 0 Å². The first-order valence-electron chi connectivity index (χ1n) is 3.69. The molecule has 1 amide bonds. The van der Waals surface area contributed by atoms with Gasteiger partial charge in [-0.15, -0.1) is 12.4 Å². The van der Waals surface area contributed by atoms with Crippen LogP contribution < -0.4 is 5.32 Å². The Balaban J connectivity index is 0.000001000. The average Bonchev–Trinajstić information content (AvgIpc) is 1.88. The zero-order valence-electron chi connectivity index (χ0n) is 6.96. The highest BCUT2D eigenvalue weighted by atomic mass is 35.5. The molecular weight excluding hydrogens is 164 g/mol. The normalized spacial score (nSPS) is 24.2. The van der Waals surface area contributed by atoms with Gasteiger partial charge in [-0.05, 0) is 6.92 Å². The summed E-state index contributed by atoms with van der Waals surface area (Å²) in [5, 5.41) is 3.27. The van der Waals surface area contributed by atoms with Gasteiger partial charge in [0.25, 0.3) is 0 Å². The third-order valence-corrected chi connectivity index (χ3v) is 1.81. The minimum atomic E-state index is 0. The topological polar surface area (TPSA) is 32.3 Å². The molecule has 0 aromatic heterocycles. The Hall–Kier alpha value is -0.280. The summed E-state index contributed by atoms with van der Waals surface area (Å²) in [5.74, 6) is 0.188. The molecule has 0 bridgehead atoms. The number of carbonyl (C=O) groups excluding carboxylic acids is 1. The molecule has 0 saturated carbocycles. The zero-order valence-corrected chi connectivity index (χ0v) is 7.78. The zero-order chi connectivity index (χ0) is 7.56. The largest absolute Gasteiger partial charge is 0.340 e. The van der Waals surface area contributed by atoms with Gasteiger partial charge in [0.1, 0.15) is 0 Å². The summed E-state index contributed by atoms with van der Waals surface area (Å²) in [7, 11) is 0. The van der Waals surface area contributed by atoms with E-state index in [4.69, 9.17) is 0 Å². The van der Waals surface area contributed by atoms with E-state index in [2.05, 4.69) is 12.2 Å². The van der Waals surface area contributed by atoms with E-state index in [9.17, 15) is 4.79 Å². The number of piperazine rings is 1. The van der Waals surface area contributed by atoms with Crippen molar-refractivity contribution in [1.82, 2.24) is 10.2 Å². The molecule has 1 rings (SSSR count). The molecule has 0 spiro atoms. The minimum Gasteiger partial charge on any atom is -0.340 e. The summed E-state index contributed by atoms with van der Waals surface area (Å²) in [6.45, 7) is 6.36. The molecular formula is C7H15ClN2O. The van der Waals surface area contributed by atoms with Crippen LogP contribution in [0.3, 0.4) is 0 Å². The van der Waals surface area contributed by atoms with Crippen molar-refractivity contribution in [2.75, 3.05) is 19.6 Å². The van der Waals surface area contributed by atoms with Gasteiger partial charge in [-0.1, -0.05) is 0 Å². The van der Waals surface area contributed by atoms with Gasteiger partial charge in [-0.2, -0.15) is 0 Å². The van der Waals surface area contributed by atoms with Crippen molar-refractivity contribution in [2.45, 2.75) is 19.9 Å². The second-order valence-corrected chi connectivity index (χ2v) is 2.82. The molecule has 1 atom stereocenters. The van der Waals surface area contributed by atoms with Gasteiger partial charge in [0.05, 0.1) is 0 Å². The van der Waals surface area contributed by atoms with E-state index in [1.54, 1.807) is 6.92 Å². The van der Waals surface area contributed by atoms with Crippen LogP contribution in [0.15, 0.2) is 0 Å². The summed E-state index contributed by atoms with van der Waals surface area (Å²) in [6.07, 6.45) is 0. The van der Waals surface area contributed by atoms with Crippen molar-refractivity contribution in [3.8, 4) is 0 Å². The molecule has 1 fully saturated rings. The van der Waals surface area contributed by atoms with Gasteiger partial charge in [-0.3, -0.25) is 4.79 Å². The number of hydrogen-bond donors (Lipinski definition) is 1. The maximum Gasteiger partial charge on any atom is 0.219 e. The summed E-state index contributed by atoms with van der Waals surface area (Å²) in [5.41, 5.74) is 0. The number of rotatable bonds is 0. The van der Waals surface area contributed by atoms with Gasteiger partial charge < -0.3 is 10.2 Å². The Labute approximate surface area is 73.5 Å². The smallest absolute Gasteiger partial charge is 0.219 e. The van der Waals surface area contributed by atoms with E-state index in [1.807, 2.05) is 4.90 Å². The number of nitrogens with zero attached hydrogens (tertiary/aromatic N) is 1. The lowest BCUT2D eigenvalue weighted by Crippen LogP contribution is -2.50. The fourth-order valence-corrected chi connectivity index (χ4v) is 1.22. The number of amides is 1. The maximum absolute atomic E-state index is 10.8. The van der Waals surface area contributed by atoms with E-state index in [1.165, 1.54) is 0 Å². The average molecular weight is 179 g/mol. The molecule has 0 radical (unpaired) electrons. The molecule has 4 heteroatoms. The van der Waals surface area contributed by atoms with Crippen LogP contribution in [0.5, 0.6) is 0 Å². The third kappa shape index (κ3) is 3.08. The number of halogens is 1. The number of carbonyl (C=O) groups is 1. The summed E-state index contributed by atoms with van der Waals surface area (Å²) in [6, 6.07) is 0.456. The molecule has 1 aliphatic heterocycles. The van der Waals surface area contributed by atoms with E-state index in [-0.39, 0.29) is 18.3 Å². The van der Waals surface area contributed by atoms with Gasteiger partial charge in [-0.25, -0.2) is 0 Å². The van der Waals surface area contributed by atoms with Crippen LogP contribution in [0.4, 0.5) is 0 Å². The van der Waals surface area contributed by atoms with Crippen LogP contribution in [-0.4, -0.2) is 36.5 Å². The molecule has 1 aliphatic rings. The summed E-state index contributed by atoms with van der Waals surface area (Å²) >= 11 is 0. The standard InChI is InChI=1S/C7H14N2O.ClH/c1-6-5-9(7(2)10)4-3-8-6;/h6,8H,3-5H2,1-2H3;1H. The predicted octanol–water partition coefficient (Wildman–Crippen LogP) is 0.248. The van der Waals surface area contributed by atoms with Crippen LogP contribution in [-0.2, 0) is 4.79 Å². The molecule has 1 saturated heterocycles. The lowest BCUT2D eigenvalue weighted by atomic mass is 10.2. The molecule has 1 heterocycles. The second kappa shape index (κ2) is 4.57. The molecule has 0 aliphatic carbocycles. The van der Waals surface area contributed by atoms with E-state index in [0.717, 1.165) is 19.6 Å². The molecule has 1 unspecified atom stereocenters. The second-order valence-electron chi connectivity index (χ2n) is 2.82. The highest BCUT2D eigenvalue weighted by molar-refractivity contribution is 5.85. The molecule has 66 valence electrons. The molecule has 11 heavy (non-hydrogen) atoms. The highest BCUT2D eigenvalue weighted by Gasteiger charge is 2.16. The first kappa shape index (κ1) is 10.7. The fraction of sp³-hybridized carbons (Fsp3) is 0.857. The van der Waals surface area contributed by atoms with Crippen LogP contribution in [0.2, 0.25) is 0 Å². The fourth-order valence-electron chi connectivity index (χ4n) is 1.22. The Morgan fingerprint density at radius 2 is 2.27 bits per heavy atom. The Morgan fingerprint density at radius 3 is 2.64 bits per heavy atom. The van der Waals surface area contributed by atoms with Crippen molar-refractivity contribution in [3.63, 3.8) is 0 Å². The van der Waals surface area contributed by atoms with Crippen LogP contribution in [0.25, 0.3) is 0 Å². The lowest BCUT2D eigenvalue weighted by Gasteiger charge is -2.30. The van der Waals surface area contributed by atoms with E-state index in [0.29, 0.717) is 6.04 Å². The lowest BCUT2D eigenvalue weighted by molar-refractivity contribution is -0.129. The summed E-state index contributed by atoms with van der Waals surface area (Å²) < 4.78 is 0. The van der Waals surface area contributed by atoms with Gasteiger partial charge >= 0.3 is 0 Å². The number of nitrogens with one attached hydrogen (secondary N) is 1. The summed E-state index contributed by atoms with van der Waals surface area (Å²) in [4.78, 5) is 12.7. The van der Waals surface area contributed by atoms with Crippen LogP contribution >= 0.6 is 12.4 Å². The van der Waals surface area contributed by atoms with Crippen LogP contribution in [0.1, 0.15) is 13.8 Å². The number of hydrogen-bond acceptors (Lipinski definition) is 2. The van der Waals surface area contributed by atoms with Gasteiger partial charge in [0.15, 0.2) is 0 Å².